The van der Waals surface area contributed by atoms with Crippen LogP contribution in [-0.4, -0.2) is 11.3 Å². The molecule has 2 nitrogen and oxygen atoms in total. The maximum absolute atomic E-state index is 12.4. The van der Waals surface area contributed by atoms with Crippen LogP contribution in [0.25, 0.3) is 0 Å². The molecule has 0 unspecified atom stereocenters. The normalized spacial score (nSPS) is 10.6. The van der Waals surface area contributed by atoms with Gasteiger partial charge in [-0.3, -0.25) is 9.78 Å². The Kier molecular flexibility index (Phi) is 4.18. The molecule has 1 aromatic rings. The molecular weight excluding hydrogens is 326 g/mol. The zero-order chi connectivity index (χ0) is 10.7. The van der Waals surface area contributed by atoms with Crippen LogP contribution in [0.4, 0.5) is 8.78 Å². The molecule has 0 atom stereocenters. The van der Waals surface area contributed by atoms with Crippen molar-refractivity contribution in [3.63, 3.8) is 0 Å². The molecule has 0 saturated carbocycles. The first-order valence-electron chi connectivity index (χ1n) is 3.58. The second-order valence-corrected chi connectivity index (χ2v) is 3.79. The molecule has 1 heterocycles. The van der Waals surface area contributed by atoms with Crippen molar-refractivity contribution in [2.24, 2.45) is 0 Å². The Hall–Kier alpha value is -0.300. The Bertz CT molecular complexity index is 359. The molecule has 1 rings (SSSR count). The zero-order valence-electron chi connectivity index (χ0n) is 6.81. The Labute approximate surface area is 97.8 Å². The summed E-state index contributed by atoms with van der Waals surface area (Å²) in [7, 11) is 0. The van der Waals surface area contributed by atoms with E-state index in [1.54, 1.807) is 22.6 Å². The maximum atomic E-state index is 12.4. The van der Waals surface area contributed by atoms with Gasteiger partial charge in [-0.25, -0.2) is 8.78 Å². The summed E-state index contributed by atoms with van der Waals surface area (Å²) in [6.07, 6.45) is -1.10. The zero-order valence-corrected chi connectivity index (χ0v) is 9.72. The van der Waals surface area contributed by atoms with Gasteiger partial charge in [0, 0.05) is 21.2 Å². The molecule has 14 heavy (non-hydrogen) atoms. The Morgan fingerprint density at radius 2 is 2.29 bits per heavy atom. The number of halogens is 4. The van der Waals surface area contributed by atoms with Crippen LogP contribution in [0.5, 0.6) is 0 Å². The van der Waals surface area contributed by atoms with Crippen molar-refractivity contribution in [1.29, 1.82) is 0 Å². The van der Waals surface area contributed by atoms with Gasteiger partial charge >= 0.3 is 0 Å². The van der Waals surface area contributed by atoms with Crippen molar-refractivity contribution in [3.05, 3.63) is 26.6 Å². The van der Waals surface area contributed by atoms with Crippen molar-refractivity contribution in [1.82, 2.24) is 4.98 Å². The molecule has 76 valence electrons. The summed E-state index contributed by atoms with van der Waals surface area (Å²) in [5.74, 6) is -0.0543. The first kappa shape index (κ1) is 11.8. The first-order chi connectivity index (χ1) is 6.61. The molecule has 0 saturated heterocycles. The van der Waals surface area contributed by atoms with Gasteiger partial charge in [0.15, 0.2) is 6.29 Å². The molecule has 0 radical (unpaired) electrons. The molecule has 0 aliphatic heterocycles. The van der Waals surface area contributed by atoms with E-state index in [1.165, 1.54) is 0 Å². The molecule has 0 N–H and O–H groups in total. The van der Waals surface area contributed by atoms with Gasteiger partial charge in [-0.15, -0.1) is 11.6 Å². The second-order valence-electron chi connectivity index (χ2n) is 2.44. The van der Waals surface area contributed by atoms with Crippen molar-refractivity contribution in [3.8, 4) is 0 Å². The number of carbonyl (C=O) groups is 1. The predicted octanol–water partition coefficient (Wildman–Crippen LogP) is 3.18. The monoisotopic (exact) mass is 331 g/mol. The Morgan fingerprint density at radius 3 is 2.71 bits per heavy atom. The average Bonchev–Trinajstić information content (AvgIpc) is 2.17. The predicted molar refractivity (Wildman–Crippen MR) is 56.9 cm³/mol. The quantitative estimate of drug-likeness (QED) is 0.484. The Morgan fingerprint density at radius 1 is 1.64 bits per heavy atom. The molecule has 6 heteroatoms. The number of alkyl halides is 3. The van der Waals surface area contributed by atoms with E-state index in [4.69, 9.17) is 11.6 Å². The number of pyridine rings is 1. The van der Waals surface area contributed by atoms with E-state index in [2.05, 4.69) is 4.98 Å². The lowest BCUT2D eigenvalue weighted by atomic mass is 10.1. The first-order valence-corrected chi connectivity index (χ1v) is 5.19. The van der Waals surface area contributed by atoms with Crippen molar-refractivity contribution in [2.75, 3.05) is 0 Å². The van der Waals surface area contributed by atoms with Crippen LogP contribution < -0.4 is 0 Å². The highest BCUT2D eigenvalue weighted by atomic mass is 127. The largest absolute Gasteiger partial charge is 0.296 e. The van der Waals surface area contributed by atoms with Crippen molar-refractivity contribution in [2.45, 2.75) is 12.3 Å². The van der Waals surface area contributed by atoms with Crippen LogP contribution in [0, 0.1) is 3.57 Å². The average molecular weight is 331 g/mol. The Balaban J connectivity index is 3.35. The standard InChI is InChI=1S/C8H5ClF2INO/c9-1-4-5(8(10)11)2-13-6(3-14)7(4)12/h2-3,8H,1H2. The molecule has 0 aliphatic carbocycles. The summed E-state index contributed by atoms with van der Waals surface area (Å²) >= 11 is 7.32. The third-order valence-electron chi connectivity index (χ3n) is 1.66. The molecule has 0 aliphatic rings. The molecule has 0 fully saturated rings. The van der Waals surface area contributed by atoms with Gasteiger partial charge in [-0.1, -0.05) is 0 Å². The summed E-state index contributed by atoms with van der Waals surface area (Å²) in [4.78, 5) is 14.1. The fourth-order valence-electron chi connectivity index (χ4n) is 0.961. The van der Waals surface area contributed by atoms with Gasteiger partial charge in [0.25, 0.3) is 6.43 Å². The number of carbonyl (C=O) groups excluding carboxylic acids is 1. The van der Waals surface area contributed by atoms with Crippen LogP contribution >= 0.6 is 34.2 Å². The summed E-state index contributed by atoms with van der Waals surface area (Å²) in [5, 5.41) is 0. The summed E-state index contributed by atoms with van der Waals surface area (Å²) in [6, 6.07) is 0. The fraction of sp³-hybridized carbons (Fsp3) is 0.250. The van der Waals surface area contributed by atoms with Gasteiger partial charge in [0.05, 0.1) is 0 Å². The number of aldehydes is 1. The number of hydrogen-bond donors (Lipinski definition) is 0. The highest BCUT2D eigenvalue weighted by Gasteiger charge is 2.17. The van der Waals surface area contributed by atoms with E-state index in [-0.39, 0.29) is 22.7 Å². The molecule has 0 aromatic carbocycles. The lowest BCUT2D eigenvalue weighted by molar-refractivity contribution is 0.111. The van der Waals surface area contributed by atoms with E-state index < -0.39 is 6.43 Å². The van der Waals surface area contributed by atoms with Gasteiger partial charge < -0.3 is 0 Å². The SMILES string of the molecule is O=Cc1ncc(C(F)F)c(CCl)c1I. The van der Waals surface area contributed by atoms with E-state index in [0.29, 0.717) is 9.86 Å². The summed E-state index contributed by atoms with van der Waals surface area (Å²) in [5.41, 5.74) is 0.208. The van der Waals surface area contributed by atoms with Gasteiger partial charge in [0.1, 0.15) is 5.69 Å². The van der Waals surface area contributed by atoms with E-state index in [1.807, 2.05) is 0 Å². The molecule has 1 aromatic heterocycles. The van der Waals surface area contributed by atoms with Gasteiger partial charge in [0.2, 0.25) is 0 Å². The van der Waals surface area contributed by atoms with Crippen LogP contribution in [0.2, 0.25) is 0 Å². The number of aromatic nitrogens is 1. The lowest BCUT2D eigenvalue weighted by Crippen LogP contribution is -2.02. The number of rotatable bonds is 3. The molecule has 0 bridgehead atoms. The van der Waals surface area contributed by atoms with Crippen molar-refractivity contribution >= 4 is 40.5 Å². The summed E-state index contributed by atoms with van der Waals surface area (Å²) < 4.78 is 25.3. The lowest BCUT2D eigenvalue weighted by Gasteiger charge is -2.08. The molecule has 0 spiro atoms. The smallest absolute Gasteiger partial charge is 0.265 e. The topological polar surface area (TPSA) is 30.0 Å². The fourth-order valence-corrected chi connectivity index (χ4v) is 2.24. The third-order valence-corrected chi connectivity index (χ3v) is 3.13. The highest BCUT2D eigenvalue weighted by Crippen LogP contribution is 2.28. The van der Waals surface area contributed by atoms with Gasteiger partial charge in [-0.05, 0) is 28.2 Å². The maximum Gasteiger partial charge on any atom is 0.265 e. The number of hydrogen-bond acceptors (Lipinski definition) is 2. The van der Waals surface area contributed by atoms with Crippen LogP contribution in [-0.2, 0) is 5.88 Å². The molecular formula is C8H5ClF2INO. The minimum atomic E-state index is -2.62. The van der Waals surface area contributed by atoms with Crippen LogP contribution in [0.1, 0.15) is 28.0 Å². The third kappa shape index (κ3) is 2.20. The minimum absolute atomic E-state index is 0.0543. The van der Waals surface area contributed by atoms with Gasteiger partial charge in [-0.2, -0.15) is 0 Å². The van der Waals surface area contributed by atoms with E-state index >= 15 is 0 Å². The minimum Gasteiger partial charge on any atom is -0.296 e. The van der Waals surface area contributed by atoms with Crippen molar-refractivity contribution < 1.29 is 13.6 Å². The van der Waals surface area contributed by atoms with E-state index in [0.717, 1.165) is 6.20 Å². The van der Waals surface area contributed by atoms with Crippen LogP contribution in [0.3, 0.4) is 0 Å². The molecule has 0 amide bonds. The number of nitrogens with zero attached hydrogens (tertiary/aromatic N) is 1. The summed E-state index contributed by atoms with van der Waals surface area (Å²) in [6.45, 7) is 0. The van der Waals surface area contributed by atoms with Crippen LogP contribution in [0.15, 0.2) is 6.20 Å². The second kappa shape index (κ2) is 4.97. The van der Waals surface area contributed by atoms with E-state index in [9.17, 15) is 13.6 Å². The highest BCUT2D eigenvalue weighted by molar-refractivity contribution is 14.1.